The summed E-state index contributed by atoms with van der Waals surface area (Å²) in [5, 5.41) is 10.2. The third kappa shape index (κ3) is 8.63. The molecule has 222 valence electrons. The molecule has 0 unspecified atom stereocenters. The molecular formula is C31H30FN5O5S. The van der Waals surface area contributed by atoms with E-state index in [1.165, 1.54) is 24.3 Å². The van der Waals surface area contributed by atoms with E-state index in [-0.39, 0.29) is 29.2 Å². The fourth-order valence-electron chi connectivity index (χ4n) is 4.15. The van der Waals surface area contributed by atoms with Crippen LogP contribution in [0, 0.1) is 12.7 Å². The van der Waals surface area contributed by atoms with Crippen molar-refractivity contribution in [2.45, 2.75) is 17.9 Å². The molecule has 0 radical (unpaired) electrons. The number of sulfonamides is 1. The van der Waals surface area contributed by atoms with Gasteiger partial charge in [-0.05, 0) is 53.9 Å². The van der Waals surface area contributed by atoms with Crippen molar-refractivity contribution < 1.29 is 27.2 Å². The van der Waals surface area contributed by atoms with Crippen LogP contribution in [0.2, 0.25) is 0 Å². The van der Waals surface area contributed by atoms with Crippen LogP contribution < -0.4 is 26.0 Å². The van der Waals surface area contributed by atoms with Gasteiger partial charge in [-0.15, -0.1) is 0 Å². The molecule has 0 aliphatic heterocycles. The fraction of sp³-hybridized carbons (Fsp3) is 0.129. The average molecular weight is 604 g/mol. The highest BCUT2D eigenvalue weighted by Crippen LogP contribution is 2.22. The summed E-state index contributed by atoms with van der Waals surface area (Å²) < 4.78 is 41.4. The van der Waals surface area contributed by atoms with Crippen molar-refractivity contribution in [1.82, 2.24) is 20.7 Å². The van der Waals surface area contributed by atoms with E-state index in [4.69, 9.17) is 0 Å². The van der Waals surface area contributed by atoms with Crippen LogP contribution in [-0.4, -0.2) is 39.5 Å². The zero-order valence-corrected chi connectivity index (χ0v) is 24.0. The molecule has 0 saturated carbocycles. The minimum Gasteiger partial charge on any atom is -0.350 e. The molecular weight excluding hydrogens is 573 g/mol. The number of urea groups is 2. The Morgan fingerprint density at radius 2 is 1.37 bits per heavy atom. The van der Waals surface area contributed by atoms with E-state index in [9.17, 15) is 27.2 Å². The molecule has 0 atom stereocenters. The topological polar surface area (TPSA) is 146 Å². The second kappa shape index (κ2) is 14.1. The molecule has 0 heterocycles. The van der Waals surface area contributed by atoms with Gasteiger partial charge in [0.05, 0.1) is 16.6 Å². The Labute approximate surface area is 248 Å². The lowest BCUT2D eigenvalue weighted by atomic mass is 9.99. The van der Waals surface area contributed by atoms with Crippen LogP contribution >= 0.6 is 0 Å². The van der Waals surface area contributed by atoms with Crippen LogP contribution in [0.15, 0.2) is 108 Å². The van der Waals surface area contributed by atoms with Gasteiger partial charge in [0, 0.05) is 18.7 Å². The Balaban J connectivity index is 1.27. The molecule has 0 saturated heterocycles. The smallest absolute Gasteiger partial charge is 0.328 e. The van der Waals surface area contributed by atoms with E-state index in [0.29, 0.717) is 5.56 Å². The van der Waals surface area contributed by atoms with Gasteiger partial charge >= 0.3 is 12.1 Å². The predicted molar refractivity (Wildman–Crippen MR) is 161 cm³/mol. The second-order valence-corrected chi connectivity index (χ2v) is 11.2. The highest BCUT2D eigenvalue weighted by molar-refractivity contribution is 7.90. The van der Waals surface area contributed by atoms with Crippen LogP contribution in [0.3, 0.4) is 0 Å². The molecule has 5 amide bonds. The van der Waals surface area contributed by atoms with Crippen LogP contribution in [-0.2, 0) is 10.0 Å². The quantitative estimate of drug-likeness (QED) is 0.170. The molecule has 0 aromatic heterocycles. The van der Waals surface area contributed by atoms with Gasteiger partial charge in [0.1, 0.15) is 5.82 Å². The molecule has 10 nitrogen and oxygen atoms in total. The molecule has 0 fully saturated rings. The van der Waals surface area contributed by atoms with Gasteiger partial charge in [0.25, 0.3) is 15.9 Å². The van der Waals surface area contributed by atoms with E-state index >= 15 is 0 Å². The monoisotopic (exact) mass is 603 g/mol. The van der Waals surface area contributed by atoms with E-state index in [1.54, 1.807) is 19.1 Å². The van der Waals surface area contributed by atoms with Crippen LogP contribution in [0.1, 0.15) is 33.1 Å². The van der Waals surface area contributed by atoms with E-state index < -0.39 is 39.9 Å². The maximum Gasteiger partial charge on any atom is 0.328 e. The van der Waals surface area contributed by atoms with Crippen molar-refractivity contribution in [3.63, 3.8) is 0 Å². The maximum atomic E-state index is 14.8. The lowest BCUT2D eigenvalue weighted by Gasteiger charge is -2.20. The first-order chi connectivity index (χ1) is 20.6. The normalized spacial score (nSPS) is 11.0. The van der Waals surface area contributed by atoms with Crippen molar-refractivity contribution in [3.8, 4) is 0 Å². The number of nitrogens with one attached hydrogen (secondary N) is 5. The average Bonchev–Trinajstić information content (AvgIpc) is 2.99. The molecule has 0 aliphatic carbocycles. The molecule has 43 heavy (non-hydrogen) atoms. The molecule has 0 aliphatic rings. The number of aryl methyl sites for hydroxylation is 1. The molecule has 0 bridgehead atoms. The number of halogens is 1. The van der Waals surface area contributed by atoms with E-state index in [0.717, 1.165) is 17.2 Å². The zero-order chi connectivity index (χ0) is 30.8. The van der Waals surface area contributed by atoms with Crippen molar-refractivity contribution >= 4 is 33.7 Å². The van der Waals surface area contributed by atoms with Crippen LogP contribution in [0.4, 0.5) is 19.7 Å². The van der Waals surface area contributed by atoms with Crippen LogP contribution in [0.25, 0.3) is 0 Å². The highest BCUT2D eigenvalue weighted by Gasteiger charge is 2.19. The predicted octanol–water partition coefficient (Wildman–Crippen LogP) is 4.46. The van der Waals surface area contributed by atoms with Crippen molar-refractivity contribution in [1.29, 1.82) is 0 Å². The highest BCUT2D eigenvalue weighted by atomic mass is 32.2. The number of hydrogen-bond donors (Lipinski definition) is 5. The summed E-state index contributed by atoms with van der Waals surface area (Å²) in [6, 6.07) is 26.3. The molecule has 12 heteroatoms. The Morgan fingerprint density at radius 3 is 1.98 bits per heavy atom. The van der Waals surface area contributed by atoms with Gasteiger partial charge in [-0.25, -0.2) is 27.1 Å². The lowest BCUT2D eigenvalue weighted by molar-refractivity contribution is 0.0953. The minimum absolute atomic E-state index is 0.0126. The fourth-order valence-corrected chi connectivity index (χ4v) is 5.18. The van der Waals surface area contributed by atoms with Crippen molar-refractivity contribution in [3.05, 3.63) is 131 Å². The third-order valence-electron chi connectivity index (χ3n) is 6.24. The number of benzene rings is 4. The van der Waals surface area contributed by atoms with Gasteiger partial charge in [0.15, 0.2) is 0 Å². The summed E-state index contributed by atoms with van der Waals surface area (Å²) >= 11 is 0. The summed E-state index contributed by atoms with van der Waals surface area (Å²) in [5.74, 6) is -1.45. The molecule has 0 spiro atoms. The Bertz CT molecular complexity index is 1660. The second-order valence-electron chi connectivity index (χ2n) is 9.48. The Hall–Kier alpha value is -5.23. The summed E-state index contributed by atoms with van der Waals surface area (Å²) in [6.45, 7) is 1.58. The van der Waals surface area contributed by atoms with Crippen LogP contribution in [0.5, 0.6) is 0 Å². The minimum atomic E-state index is -4.06. The zero-order valence-electron chi connectivity index (χ0n) is 23.1. The van der Waals surface area contributed by atoms with Gasteiger partial charge in [-0.2, -0.15) is 0 Å². The van der Waals surface area contributed by atoms with Crippen molar-refractivity contribution in [2.75, 3.05) is 18.4 Å². The number of amides is 5. The molecule has 4 rings (SSSR count). The first-order valence-corrected chi connectivity index (χ1v) is 14.7. The van der Waals surface area contributed by atoms with Gasteiger partial charge in [-0.1, -0.05) is 72.8 Å². The standard InChI is InChI=1S/C31H30FN5O5S/c1-21-9-8-14-25(19-21)43(41,42)37-30(39)34-18-17-33-29(38)24-15-16-27(26(32)20-24)35-31(40)36-28(22-10-4-2-5-11-22)23-12-6-3-7-13-23/h2-16,19-20,28H,17-18H2,1H3,(H,33,38)(H2,34,37,39)(H2,35,36,40). The summed E-state index contributed by atoms with van der Waals surface area (Å²) in [6.07, 6.45) is 0. The molecule has 5 N–H and O–H groups in total. The Morgan fingerprint density at radius 1 is 0.744 bits per heavy atom. The summed E-state index contributed by atoms with van der Waals surface area (Å²) in [5.41, 5.74) is 2.27. The van der Waals surface area contributed by atoms with Gasteiger partial charge in [0.2, 0.25) is 0 Å². The maximum absolute atomic E-state index is 14.8. The number of anilines is 1. The molecule has 4 aromatic carbocycles. The Kier molecular flexibility index (Phi) is 10.1. The first kappa shape index (κ1) is 30.7. The SMILES string of the molecule is Cc1cccc(S(=O)(=O)NC(=O)NCCNC(=O)c2ccc(NC(=O)NC(c3ccccc3)c3ccccc3)c(F)c2)c1. The third-order valence-corrected chi connectivity index (χ3v) is 7.57. The number of carbonyl (C=O) groups excluding carboxylic acids is 3. The lowest BCUT2D eigenvalue weighted by Crippen LogP contribution is -2.42. The summed E-state index contributed by atoms with van der Waals surface area (Å²) in [7, 11) is -4.06. The number of carbonyl (C=O) groups is 3. The first-order valence-electron chi connectivity index (χ1n) is 13.2. The van der Waals surface area contributed by atoms with Gasteiger partial charge in [-0.3, -0.25) is 4.79 Å². The number of rotatable bonds is 10. The van der Waals surface area contributed by atoms with E-state index in [2.05, 4.69) is 21.3 Å². The van der Waals surface area contributed by atoms with Crippen molar-refractivity contribution in [2.24, 2.45) is 0 Å². The largest absolute Gasteiger partial charge is 0.350 e. The molecule has 4 aromatic rings. The van der Waals surface area contributed by atoms with E-state index in [1.807, 2.05) is 65.4 Å². The summed E-state index contributed by atoms with van der Waals surface area (Å²) in [4.78, 5) is 37.3. The van der Waals surface area contributed by atoms with Gasteiger partial charge < -0.3 is 21.3 Å². The number of hydrogen-bond acceptors (Lipinski definition) is 5.